The molecule has 1 aromatic heterocycles. The number of benzene rings is 2. The Balaban J connectivity index is 0.00000683. The van der Waals surface area contributed by atoms with E-state index in [0.29, 0.717) is 25.7 Å². The molecule has 322 valence electrons. The van der Waals surface area contributed by atoms with Crippen LogP contribution in [0.2, 0.25) is 10.6 Å². The van der Waals surface area contributed by atoms with E-state index in [4.69, 9.17) is 39.2 Å². The van der Waals surface area contributed by atoms with Crippen LogP contribution in [0.5, 0.6) is 0 Å². The third-order valence-electron chi connectivity index (χ3n) is 11.0. The number of anilines is 2. The van der Waals surface area contributed by atoms with E-state index in [1.54, 1.807) is 0 Å². The Labute approximate surface area is 399 Å². The molecule has 0 radical (unpaired) electrons. The zero-order valence-electron chi connectivity index (χ0n) is 32.5. The molecule has 4 heterocycles. The van der Waals surface area contributed by atoms with E-state index in [1.165, 1.54) is 9.80 Å². The fraction of sp³-hybridized carbons (Fsp3) is 0.525. The number of piperidine rings is 3. The van der Waals surface area contributed by atoms with Gasteiger partial charge in [0.2, 0.25) is 16.5 Å². The van der Waals surface area contributed by atoms with Gasteiger partial charge in [-0.2, -0.15) is 39.1 Å². The molecule has 3 fully saturated rings. The number of carbonyl (C=O) groups excluding carboxylic acids is 4. The molecule has 3 aliphatic rings. The van der Waals surface area contributed by atoms with Crippen molar-refractivity contribution >= 4 is 58.7 Å². The topological polar surface area (TPSA) is 260 Å². The summed E-state index contributed by atoms with van der Waals surface area (Å²) in [5.74, 6) is -5.20. The third kappa shape index (κ3) is 14.6. The number of hydrogen-bond donors (Lipinski definition) is 1. The van der Waals surface area contributed by atoms with Crippen molar-refractivity contribution in [2.45, 2.75) is 93.5 Å². The quantitative estimate of drug-likeness (QED) is 0.185. The van der Waals surface area contributed by atoms with E-state index >= 15 is 0 Å². The van der Waals surface area contributed by atoms with Gasteiger partial charge in [0, 0.05) is 31.9 Å². The molecule has 2 aromatic carbocycles. The summed E-state index contributed by atoms with van der Waals surface area (Å²) in [4.78, 5) is 59.9. The minimum absolute atomic E-state index is 0. The van der Waals surface area contributed by atoms with Crippen LogP contribution in [0.3, 0.4) is 0 Å². The second kappa shape index (κ2) is 23.0. The summed E-state index contributed by atoms with van der Waals surface area (Å²) in [5.41, 5.74) is 3.85. The third-order valence-corrected chi connectivity index (χ3v) is 11.3. The minimum Gasteiger partial charge on any atom is -0.659 e. The van der Waals surface area contributed by atoms with Crippen molar-refractivity contribution in [3.63, 3.8) is 0 Å². The first-order valence-corrected chi connectivity index (χ1v) is 20.4. The van der Waals surface area contributed by atoms with Crippen LogP contribution in [0.15, 0.2) is 48.5 Å². The first-order chi connectivity index (χ1) is 28.3. The standard InChI is InChI=1S/C40H48Cl2N9O8.Eu/c41-38-47-39(42)49-40(48-38)45-27-13-11-24(12-14-27)23-7-9-25(10-8-23)26-15-32(30-5-1-3-28(43-30)17-50(19-34(52)53)20-35(54)55)46-33(16-26)31-6-2-4-29(44-31)18-51(21-36(56)57)22-37(58)59;/h7-14,26,28-33H,1-6,15-22H2,(H,52,53)(H,54,55)(H,56,57)(H,58,59)(H,45,47,48,49);/q-3;+3/p-4. The Kier molecular flexibility index (Phi) is 18.4. The van der Waals surface area contributed by atoms with E-state index in [2.05, 4.69) is 44.5 Å². The van der Waals surface area contributed by atoms with Crippen molar-refractivity contribution in [1.82, 2.24) is 24.8 Å². The maximum atomic E-state index is 11.4. The average molecular weight is 1000 g/mol. The van der Waals surface area contributed by atoms with Crippen LogP contribution in [-0.2, 0) is 19.2 Å². The number of carboxylic acid groups (broad SMARTS) is 4. The van der Waals surface area contributed by atoms with Gasteiger partial charge < -0.3 is 60.9 Å². The van der Waals surface area contributed by atoms with Crippen LogP contribution >= 0.6 is 23.2 Å². The van der Waals surface area contributed by atoms with E-state index in [0.717, 1.165) is 48.1 Å². The van der Waals surface area contributed by atoms with E-state index in [-0.39, 0.29) is 121 Å². The summed E-state index contributed by atoms with van der Waals surface area (Å²) < 4.78 is 0. The number of nitrogens with zero attached hydrogens (tertiary/aromatic N) is 8. The van der Waals surface area contributed by atoms with Crippen LogP contribution in [0, 0.1) is 49.4 Å². The molecule has 0 saturated carbocycles. The number of carbonyl (C=O) groups is 4. The molecule has 3 aliphatic heterocycles. The second-order valence-corrected chi connectivity index (χ2v) is 16.1. The fourth-order valence-corrected chi connectivity index (χ4v) is 8.92. The molecule has 0 aliphatic carbocycles. The summed E-state index contributed by atoms with van der Waals surface area (Å²) in [6, 6.07) is 14.8. The number of nitrogens with one attached hydrogen (secondary N) is 1. The Morgan fingerprint density at radius 2 is 1.02 bits per heavy atom. The molecule has 6 rings (SSSR count). The Morgan fingerprint density at radius 1 is 0.600 bits per heavy atom. The second-order valence-electron chi connectivity index (χ2n) is 15.4. The molecular weight excluding hydrogens is 957 g/mol. The number of hydrogen-bond acceptors (Lipinski definition) is 14. The Hall–Kier alpha value is -2.91. The smallest absolute Gasteiger partial charge is 0.659 e. The average Bonchev–Trinajstić information content (AvgIpc) is 3.17. The first-order valence-electron chi connectivity index (χ1n) is 19.6. The molecule has 17 nitrogen and oxygen atoms in total. The SMILES string of the molecule is O=C([O-])CN(CC(=O)[O-])CC1CCCC(C2CC(c3ccc(-c4ccc(Nc5nc(Cl)nc(Cl)n5)cc4)cc3)CC(C3CCCC(CN(CC(=O)[O-])CC(=O)[O-])[N-]3)[N-]2)[N-]1.[Eu+3]. The largest absolute Gasteiger partial charge is 3.00 e. The van der Waals surface area contributed by atoms with Crippen molar-refractivity contribution in [2.75, 3.05) is 44.6 Å². The van der Waals surface area contributed by atoms with E-state index in [1.807, 2.05) is 24.3 Å². The number of rotatable bonds is 18. The van der Waals surface area contributed by atoms with Gasteiger partial charge in [-0.15, -0.1) is 12.1 Å². The molecule has 0 spiro atoms. The van der Waals surface area contributed by atoms with Gasteiger partial charge >= 0.3 is 49.4 Å². The molecule has 0 amide bonds. The number of carboxylic acids is 4. The fourth-order valence-electron chi connectivity index (χ4n) is 8.56. The summed E-state index contributed by atoms with van der Waals surface area (Å²) in [7, 11) is 0. The van der Waals surface area contributed by atoms with Crippen molar-refractivity contribution in [1.29, 1.82) is 0 Å². The first kappa shape index (κ1) is 48.1. The molecule has 3 aromatic rings. The molecular formula is C40H44Cl2EuN9O8-4. The molecule has 3 saturated heterocycles. The van der Waals surface area contributed by atoms with Crippen molar-refractivity contribution in [2.24, 2.45) is 0 Å². The zero-order valence-corrected chi connectivity index (χ0v) is 36.5. The molecule has 0 bridgehead atoms. The molecule has 60 heavy (non-hydrogen) atoms. The monoisotopic (exact) mass is 1000 g/mol. The van der Waals surface area contributed by atoms with Crippen LogP contribution in [0.25, 0.3) is 27.1 Å². The Morgan fingerprint density at radius 3 is 1.43 bits per heavy atom. The summed E-state index contributed by atoms with van der Waals surface area (Å²) in [6.45, 7) is -1.89. The van der Waals surface area contributed by atoms with Gasteiger partial charge in [0.05, 0.1) is 23.9 Å². The van der Waals surface area contributed by atoms with Crippen LogP contribution in [0.4, 0.5) is 11.6 Å². The summed E-state index contributed by atoms with van der Waals surface area (Å²) in [6.07, 6.45) is 5.96. The Bertz CT molecular complexity index is 1820. The van der Waals surface area contributed by atoms with Gasteiger partial charge in [0.15, 0.2) is 0 Å². The number of aliphatic carboxylic acids is 4. The maximum Gasteiger partial charge on any atom is 3.00 e. The molecule has 1 N–H and O–H groups in total. The normalized spacial score (nSPS) is 24.4. The van der Waals surface area contributed by atoms with Gasteiger partial charge in [-0.3, -0.25) is 9.80 Å². The molecule has 6 atom stereocenters. The number of aromatic nitrogens is 3. The predicted octanol–water partition coefficient (Wildman–Crippen LogP) is 0.771. The van der Waals surface area contributed by atoms with Gasteiger partial charge in [0.1, 0.15) is 0 Å². The van der Waals surface area contributed by atoms with Crippen LogP contribution in [-0.4, -0.2) is 124 Å². The van der Waals surface area contributed by atoms with E-state index in [9.17, 15) is 39.6 Å². The number of halogens is 2. The van der Waals surface area contributed by atoms with E-state index < -0.39 is 50.1 Å². The van der Waals surface area contributed by atoms with Gasteiger partial charge in [-0.05, 0) is 71.0 Å². The van der Waals surface area contributed by atoms with Gasteiger partial charge in [-0.25, -0.2) is 0 Å². The zero-order chi connectivity index (χ0) is 42.1. The van der Waals surface area contributed by atoms with Crippen LogP contribution in [0.1, 0.15) is 62.8 Å². The minimum atomic E-state index is -1.38. The van der Waals surface area contributed by atoms with Crippen molar-refractivity contribution in [3.8, 4) is 11.1 Å². The van der Waals surface area contributed by atoms with Crippen LogP contribution < -0.4 is 25.7 Å². The molecule has 20 heteroatoms. The summed E-state index contributed by atoms with van der Waals surface area (Å²) in [5, 5.41) is 64.1. The van der Waals surface area contributed by atoms with Crippen molar-refractivity contribution in [3.05, 3.63) is 80.6 Å². The van der Waals surface area contributed by atoms with Gasteiger partial charge in [-0.1, -0.05) is 87.8 Å². The maximum absolute atomic E-state index is 11.4. The molecule has 6 unspecified atom stereocenters. The predicted molar refractivity (Wildman–Crippen MR) is 210 cm³/mol. The van der Waals surface area contributed by atoms with Crippen molar-refractivity contribution < 1.29 is 89.0 Å². The summed E-state index contributed by atoms with van der Waals surface area (Å²) >= 11 is 11.8. The van der Waals surface area contributed by atoms with Gasteiger partial charge in [0.25, 0.3) is 0 Å².